The highest BCUT2D eigenvalue weighted by Crippen LogP contribution is 2.34. The van der Waals surface area contributed by atoms with E-state index in [2.05, 4.69) is 10.6 Å². The molecular weight excluding hydrogens is 599 g/mol. The van der Waals surface area contributed by atoms with Crippen molar-refractivity contribution in [3.63, 3.8) is 0 Å². The summed E-state index contributed by atoms with van der Waals surface area (Å²) in [6.07, 6.45) is 3.27. The van der Waals surface area contributed by atoms with Crippen molar-refractivity contribution >= 4 is 17.5 Å². The van der Waals surface area contributed by atoms with Gasteiger partial charge in [0.1, 0.15) is 11.6 Å². The van der Waals surface area contributed by atoms with Gasteiger partial charge in [0.05, 0.1) is 18.4 Å². The number of methoxy groups -OCH3 is 1. The third-order valence-corrected chi connectivity index (χ3v) is 8.86. The summed E-state index contributed by atoms with van der Waals surface area (Å²) in [4.78, 5) is 26.3. The zero-order chi connectivity index (χ0) is 34.0. The van der Waals surface area contributed by atoms with Crippen LogP contribution in [0.4, 0.5) is 18.9 Å². The van der Waals surface area contributed by atoms with Crippen LogP contribution in [0, 0.1) is 41.1 Å². The molecule has 5 N–H and O–H groups in total. The number of nitrogens with two attached hydrogens (primary N) is 1. The molecule has 0 aromatic heterocycles. The molecule has 0 aliphatic heterocycles. The maximum absolute atomic E-state index is 14.0. The first-order valence-corrected chi connectivity index (χ1v) is 16.2. The Bertz CT molecular complexity index is 1320. The number of aliphatic hydroxyl groups is 1. The molecule has 4 atom stereocenters. The van der Waals surface area contributed by atoms with E-state index in [-0.39, 0.29) is 48.6 Å². The molecular formula is C35H50F3N3O5. The van der Waals surface area contributed by atoms with Crippen molar-refractivity contribution in [1.29, 1.82) is 0 Å². The Morgan fingerprint density at radius 2 is 1.61 bits per heavy atom. The van der Waals surface area contributed by atoms with Crippen molar-refractivity contribution in [2.24, 2.45) is 29.4 Å². The maximum Gasteiger partial charge on any atom is 0.224 e. The van der Waals surface area contributed by atoms with Crippen LogP contribution < -0.4 is 21.1 Å². The fraction of sp³-hybridized carbons (Fsp3) is 0.600. The maximum atomic E-state index is 14.0. The average molecular weight is 650 g/mol. The number of nitrogens with one attached hydrogen (secondary N) is 2. The number of hydrogen-bond donors (Lipinski definition) is 4. The number of aryl methyl sites for hydroxylation is 2. The van der Waals surface area contributed by atoms with Crippen molar-refractivity contribution in [1.82, 2.24) is 5.32 Å². The van der Waals surface area contributed by atoms with Gasteiger partial charge in [-0.3, -0.25) is 9.59 Å². The van der Waals surface area contributed by atoms with Crippen molar-refractivity contribution in [3.8, 4) is 5.75 Å². The van der Waals surface area contributed by atoms with E-state index >= 15 is 0 Å². The van der Waals surface area contributed by atoms with Crippen molar-refractivity contribution < 1.29 is 37.3 Å². The molecule has 0 fully saturated rings. The van der Waals surface area contributed by atoms with Crippen LogP contribution in [0.15, 0.2) is 24.3 Å². The number of aliphatic hydroxyl groups excluding tert-OH is 1. The summed E-state index contributed by atoms with van der Waals surface area (Å²) in [6.45, 7) is 8.34. The normalized spacial score (nSPS) is 15.4. The molecule has 0 radical (unpaired) electrons. The van der Waals surface area contributed by atoms with Crippen LogP contribution >= 0.6 is 0 Å². The Morgan fingerprint density at radius 3 is 2.26 bits per heavy atom. The topological polar surface area (TPSA) is 123 Å². The molecule has 0 saturated heterocycles. The number of rotatable bonds is 18. The zero-order valence-electron chi connectivity index (χ0n) is 27.6. The Hall–Kier alpha value is -3.15. The van der Waals surface area contributed by atoms with Crippen molar-refractivity contribution in [2.45, 2.75) is 91.3 Å². The number of hydrogen-bond acceptors (Lipinski definition) is 6. The van der Waals surface area contributed by atoms with Crippen molar-refractivity contribution in [2.75, 3.05) is 25.6 Å². The second-order valence-electron chi connectivity index (χ2n) is 13.1. The van der Waals surface area contributed by atoms with Crippen LogP contribution in [0.5, 0.6) is 5.75 Å². The molecule has 256 valence electrons. The monoisotopic (exact) mass is 649 g/mol. The van der Waals surface area contributed by atoms with Gasteiger partial charge < -0.3 is 30.9 Å². The number of amides is 2. The highest BCUT2D eigenvalue weighted by molar-refractivity contribution is 5.92. The first-order chi connectivity index (χ1) is 21.8. The van der Waals surface area contributed by atoms with E-state index < -0.39 is 41.4 Å². The number of ether oxygens (including phenoxy) is 2. The van der Waals surface area contributed by atoms with Gasteiger partial charge in [0, 0.05) is 56.7 Å². The minimum Gasteiger partial charge on any atom is -0.491 e. The van der Waals surface area contributed by atoms with Crippen LogP contribution in [0.3, 0.4) is 0 Å². The van der Waals surface area contributed by atoms with Crippen LogP contribution in [-0.4, -0.2) is 49.4 Å². The smallest absolute Gasteiger partial charge is 0.224 e. The number of anilines is 1. The van der Waals surface area contributed by atoms with E-state index in [1.165, 1.54) is 11.1 Å². The lowest BCUT2D eigenvalue weighted by Crippen LogP contribution is -2.42. The lowest BCUT2D eigenvalue weighted by atomic mass is 9.82. The van der Waals surface area contributed by atoms with Gasteiger partial charge in [-0.25, -0.2) is 13.2 Å². The van der Waals surface area contributed by atoms with Crippen LogP contribution in [-0.2, 0) is 33.7 Å². The molecule has 0 heterocycles. The fourth-order valence-electron chi connectivity index (χ4n) is 5.87. The largest absolute Gasteiger partial charge is 0.491 e. The number of halogens is 3. The summed E-state index contributed by atoms with van der Waals surface area (Å²) in [5, 5.41) is 16.7. The van der Waals surface area contributed by atoms with Gasteiger partial charge >= 0.3 is 0 Å². The van der Waals surface area contributed by atoms with E-state index in [4.69, 9.17) is 15.2 Å². The highest BCUT2D eigenvalue weighted by atomic mass is 19.2. The summed E-state index contributed by atoms with van der Waals surface area (Å²) >= 11 is 0. The number of carbonyl (C=O) groups excluding carboxylic acids is 2. The molecule has 1 aliphatic rings. The van der Waals surface area contributed by atoms with Crippen molar-refractivity contribution in [3.05, 3.63) is 58.4 Å². The molecule has 2 amide bonds. The van der Waals surface area contributed by atoms with E-state index in [1.54, 1.807) is 7.11 Å². The highest BCUT2D eigenvalue weighted by Gasteiger charge is 2.30. The van der Waals surface area contributed by atoms with Gasteiger partial charge in [-0.2, -0.15) is 0 Å². The summed E-state index contributed by atoms with van der Waals surface area (Å²) in [5.41, 5.74) is 9.35. The first kappa shape index (κ1) is 37.3. The molecule has 2 aromatic carbocycles. The molecule has 2 aromatic rings. The lowest BCUT2D eigenvalue weighted by molar-refractivity contribution is -0.127. The van der Waals surface area contributed by atoms with E-state index in [0.717, 1.165) is 25.7 Å². The van der Waals surface area contributed by atoms with Crippen LogP contribution in [0.1, 0.15) is 76.5 Å². The zero-order valence-corrected chi connectivity index (χ0v) is 27.6. The molecule has 1 aliphatic carbocycles. The van der Waals surface area contributed by atoms with E-state index in [1.807, 2.05) is 39.8 Å². The summed E-state index contributed by atoms with van der Waals surface area (Å²) in [6, 6.07) is 4.46. The third-order valence-electron chi connectivity index (χ3n) is 8.86. The molecule has 0 saturated carbocycles. The summed E-state index contributed by atoms with van der Waals surface area (Å²) < 4.78 is 52.0. The molecule has 0 unspecified atom stereocenters. The van der Waals surface area contributed by atoms with Gasteiger partial charge in [0.15, 0.2) is 11.6 Å². The standard InChI is InChI=1S/C35H50F3N3O5/c1-20(2)24(16-34(43)41-31-14-22-8-6-9-23(22)15-33(31)46-11-7-10-45-5)13-30(39)32(42)17-26(21(3)4)35(44)40-19-25-12-28(37)29(38)18-27(25)36/h12,14-15,18,20-21,24,26,30,32,42H,6-11,13,16-17,19,39H2,1-5H3,(H,40,44)(H,41,43)/t24-,26+,30+,32+/m1/s1. The number of benzene rings is 2. The van der Waals surface area contributed by atoms with Crippen LogP contribution in [0.25, 0.3) is 0 Å². The molecule has 0 bridgehead atoms. The number of carbonyl (C=O) groups is 2. The first-order valence-electron chi connectivity index (χ1n) is 16.2. The summed E-state index contributed by atoms with van der Waals surface area (Å²) in [7, 11) is 1.64. The molecule has 46 heavy (non-hydrogen) atoms. The van der Waals surface area contributed by atoms with Gasteiger partial charge in [-0.05, 0) is 79.2 Å². The van der Waals surface area contributed by atoms with E-state index in [9.17, 15) is 27.9 Å². The predicted molar refractivity (Wildman–Crippen MR) is 172 cm³/mol. The summed E-state index contributed by atoms with van der Waals surface area (Å²) in [5.74, 6) is -4.39. The third kappa shape index (κ3) is 10.7. The molecule has 8 nitrogen and oxygen atoms in total. The lowest BCUT2D eigenvalue weighted by Gasteiger charge is -2.29. The Morgan fingerprint density at radius 1 is 0.935 bits per heavy atom. The molecule has 11 heteroatoms. The minimum absolute atomic E-state index is 0.0425. The Balaban J connectivity index is 1.60. The van der Waals surface area contributed by atoms with Gasteiger partial charge in [0.2, 0.25) is 11.8 Å². The Labute approximate surface area is 270 Å². The SMILES string of the molecule is COCCCOc1cc2c(cc1NC(=O)C[C@@H](C[C@H](N)[C@@H](O)C[C@H](C(=O)NCc1cc(F)c(F)cc1F)C(C)C)C(C)C)CCC2. The second kappa shape index (κ2) is 17.7. The second-order valence-corrected chi connectivity index (χ2v) is 13.1. The van der Waals surface area contributed by atoms with Gasteiger partial charge in [-0.15, -0.1) is 0 Å². The minimum atomic E-state index is -1.31. The van der Waals surface area contributed by atoms with Crippen LogP contribution in [0.2, 0.25) is 0 Å². The van der Waals surface area contributed by atoms with E-state index in [0.29, 0.717) is 43.2 Å². The average Bonchev–Trinajstić information content (AvgIpc) is 3.45. The van der Waals surface area contributed by atoms with Gasteiger partial charge in [0.25, 0.3) is 0 Å². The molecule has 0 spiro atoms. The van der Waals surface area contributed by atoms with Gasteiger partial charge in [-0.1, -0.05) is 27.7 Å². The number of fused-ring (bicyclic) bond motifs is 1. The fourth-order valence-corrected chi connectivity index (χ4v) is 5.87. The predicted octanol–water partition coefficient (Wildman–Crippen LogP) is 5.67. The molecule has 3 rings (SSSR count). The quantitative estimate of drug-likeness (QED) is 0.122. The Kier molecular flexibility index (Phi) is 14.3.